The summed E-state index contributed by atoms with van der Waals surface area (Å²) in [5.41, 5.74) is 6.91. The van der Waals surface area contributed by atoms with Crippen molar-refractivity contribution >= 4 is 71.7 Å². The highest BCUT2D eigenvalue weighted by molar-refractivity contribution is 6.24. The summed E-state index contributed by atoms with van der Waals surface area (Å²) in [6, 6.07) is 45.7. The molecule has 0 aliphatic heterocycles. The summed E-state index contributed by atoms with van der Waals surface area (Å²) in [5.74, 6) is 0. The molecular formula is C52H33NO2. The molecule has 0 saturated carbocycles. The van der Waals surface area contributed by atoms with Crippen molar-refractivity contribution in [1.29, 1.82) is 0 Å². The molecule has 0 fully saturated rings. The molecule has 3 nitrogen and oxygen atoms in total. The van der Waals surface area contributed by atoms with Gasteiger partial charge in [-0.25, -0.2) is 0 Å². The number of hydrogen-bond acceptors (Lipinski definition) is 3. The SMILES string of the molecule is [2H]c1c([2H])c(N(c2ccc(-c3ccccc3)cc2)c2ccc(-c3ccccc3)cc2)c2c(oc3c4c([2H])c([2H])c([2H])c([2H])c4c(-c4cccc5c4oc4ccccc45)c([2H])c32)c1[2H]. The van der Waals surface area contributed by atoms with Crippen molar-refractivity contribution in [3.63, 3.8) is 0 Å². The Labute approximate surface area is 329 Å². The molecule has 0 N–H and O–H groups in total. The summed E-state index contributed by atoms with van der Waals surface area (Å²) in [6.45, 7) is 0. The maximum absolute atomic E-state index is 10.2. The fraction of sp³-hybridized carbons (Fsp3) is 0. The molecule has 0 spiro atoms. The van der Waals surface area contributed by atoms with E-state index in [9.17, 15) is 8.22 Å². The predicted octanol–water partition coefficient (Wildman–Crippen LogP) is 15.1. The molecule has 2 aromatic heterocycles. The molecule has 55 heavy (non-hydrogen) atoms. The third kappa shape index (κ3) is 5.13. The second kappa shape index (κ2) is 12.6. The smallest absolute Gasteiger partial charge is 0.143 e. The fourth-order valence-corrected chi connectivity index (χ4v) is 7.70. The summed E-state index contributed by atoms with van der Waals surface area (Å²) in [5, 5.41) is 2.00. The second-order valence-corrected chi connectivity index (χ2v) is 13.4. The van der Waals surface area contributed by atoms with E-state index in [4.69, 9.17) is 11.6 Å². The van der Waals surface area contributed by atoms with E-state index in [0.717, 1.165) is 33.0 Å². The van der Waals surface area contributed by atoms with Crippen molar-refractivity contribution in [2.24, 2.45) is 0 Å². The second-order valence-electron chi connectivity index (χ2n) is 13.4. The number of hydrogen-bond donors (Lipinski definition) is 0. The van der Waals surface area contributed by atoms with Crippen molar-refractivity contribution in [3.8, 4) is 33.4 Å². The zero-order chi connectivity index (χ0) is 43.3. The molecule has 0 radical (unpaired) electrons. The first-order valence-electron chi connectivity index (χ1n) is 22.0. The minimum Gasteiger partial charge on any atom is -0.455 e. The van der Waals surface area contributed by atoms with E-state index in [1.165, 1.54) is 0 Å². The highest BCUT2D eigenvalue weighted by Crippen LogP contribution is 2.48. The number of fused-ring (bicyclic) bond motifs is 8. The van der Waals surface area contributed by atoms with Crippen LogP contribution in [-0.4, -0.2) is 0 Å². The van der Waals surface area contributed by atoms with Gasteiger partial charge in [0.15, 0.2) is 0 Å². The van der Waals surface area contributed by atoms with Crippen molar-refractivity contribution in [3.05, 3.63) is 200 Å². The van der Waals surface area contributed by atoms with Crippen LogP contribution in [0.15, 0.2) is 209 Å². The summed E-state index contributed by atoms with van der Waals surface area (Å²) in [4.78, 5) is 1.84. The van der Waals surface area contributed by atoms with Crippen LogP contribution in [0.2, 0.25) is 0 Å². The van der Waals surface area contributed by atoms with E-state index in [1.807, 2.05) is 150 Å². The number of anilines is 3. The Morgan fingerprint density at radius 2 is 0.964 bits per heavy atom. The summed E-state index contributed by atoms with van der Waals surface area (Å²) < 4.78 is 87.6. The minimum absolute atomic E-state index is 0.0145. The summed E-state index contributed by atoms with van der Waals surface area (Å²) >= 11 is 0. The maximum atomic E-state index is 10.2. The quantitative estimate of drug-likeness (QED) is 0.172. The van der Waals surface area contributed by atoms with Crippen LogP contribution in [0.1, 0.15) is 11.0 Å². The molecule has 0 aliphatic carbocycles. The fourth-order valence-electron chi connectivity index (χ4n) is 7.70. The van der Waals surface area contributed by atoms with E-state index in [2.05, 4.69) is 0 Å². The molecule has 0 bridgehead atoms. The third-order valence-corrected chi connectivity index (χ3v) is 10.3. The predicted molar refractivity (Wildman–Crippen MR) is 229 cm³/mol. The summed E-state index contributed by atoms with van der Waals surface area (Å²) in [7, 11) is 0. The van der Waals surface area contributed by atoms with E-state index in [0.29, 0.717) is 28.1 Å². The molecule has 2 heterocycles. The molecule has 0 saturated heterocycles. The Bertz CT molecular complexity index is 3560. The molecule has 0 amide bonds. The van der Waals surface area contributed by atoms with Crippen molar-refractivity contribution in [2.45, 2.75) is 0 Å². The molecule has 0 atom stereocenters. The van der Waals surface area contributed by atoms with Gasteiger partial charge in [-0.3, -0.25) is 0 Å². The normalized spacial score (nSPS) is 13.7. The van der Waals surface area contributed by atoms with Gasteiger partial charge in [-0.2, -0.15) is 0 Å². The van der Waals surface area contributed by atoms with Gasteiger partial charge in [-0.05, 0) is 81.7 Å². The van der Waals surface area contributed by atoms with Gasteiger partial charge >= 0.3 is 0 Å². The lowest BCUT2D eigenvalue weighted by Gasteiger charge is -2.26. The Morgan fingerprint density at radius 1 is 0.382 bits per heavy atom. The Morgan fingerprint density at radius 3 is 1.65 bits per heavy atom. The van der Waals surface area contributed by atoms with Crippen molar-refractivity contribution < 1.29 is 19.8 Å². The van der Waals surface area contributed by atoms with Gasteiger partial charge in [0, 0.05) is 38.5 Å². The molecule has 258 valence electrons. The zero-order valence-electron chi connectivity index (χ0n) is 37.2. The van der Waals surface area contributed by atoms with Crippen LogP contribution in [0.25, 0.3) is 88.0 Å². The van der Waals surface area contributed by atoms with Gasteiger partial charge in [-0.15, -0.1) is 0 Å². The minimum atomic E-state index is -0.493. The topological polar surface area (TPSA) is 29.5 Å². The van der Waals surface area contributed by atoms with Crippen LogP contribution in [-0.2, 0) is 0 Å². The van der Waals surface area contributed by atoms with Crippen molar-refractivity contribution in [1.82, 2.24) is 0 Å². The lowest BCUT2D eigenvalue weighted by atomic mass is 9.94. The molecule has 0 aliphatic rings. The first-order valence-corrected chi connectivity index (χ1v) is 18.0. The molecule has 11 aromatic rings. The molecule has 9 aromatic carbocycles. The molecule has 3 heteroatoms. The van der Waals surface area contributed by atoms with Gasteiger partial charge in [0.2, 0.25) is 0 Å². The first-order chi connectivity index (χ1) is 30.6. The highest BCUT2D eigenvalue weighted by atomic mass is 16.3. The van der Waals surface area contributed by atoms with Crippen LogP contribution in [0.4, 0.5) is 17.1 Å². The molecular weight excluding hydrogens is 671 g/mol. The molecule has 11 rings (SSSR count). The average molecular weight is 712 g/mol. The van der Waals surface area contributed by atoms with E-state index in [1.54, 1.807) is 6.07 Å². The van der Waals surface area contributed by atoms with Gasteiger partial charge in [0.05, 0.1) is 22.0 Å². The largest absolute Gasteiger partial charge is 0.455 e. The number of furan rings is 2. The number of benzene rings is 9. The Kier molecular flexibility index (Phi) is 5.53. The molecule has 0 unspecified atom stereocenters. The monoisotopic (exact) mass is 711 g/mol. The Balaban J connectivity index is 1.28. The highest BCUT2D eigenvalue weighted by Gasteiger charge is 2.23. The van der Waals surface area contributed by atoms with Gasteiger partial charge < -0.3 is 13.7 Å². The standard InChI is InChI=1S/C52H33NO2/c1-3-13-34(14-4-1)36-25-29-38(30-26-36)53(39-31-27-37(28-32-39)35-15-5-2-6-16-35)47-22-12-24-49-50(47)46-33-45(40-17-7-8-19-42(40)52(46)55-49)44-21-11-20-43-41-18-9-10-23-48(41)54-51(43)44/h1-33H/i7D,8D,12D,17D,19D,22D,24D,33D. The van der Waals surface area contributed by atoms with E-state index >= 15 is 0 Å². The lowest BCUT2D eigenvalue weighted by Crippen LogP contribution is -2.10. The van der Waals surface area contributed by atoms with Crippen LogP contribution >= 0.6 is 0 Å². The third-order valence-electron chi connectivity index (χ3n) is 10.3. The lowest BCUT2D eigenvalue weighted by molar-refractivity contribution is 0.670. The maximum Gasteiger partial charge on any atom is 0.143 e. The van der Waals surface area contributed by atoms with Gasteiger partial charge in [0.25, 0.3) is 0 Å². The van der Waals surface area contributed by atoms with E-state index < -0.39 is 18.1 Å². The van der Waals surface area contributed by atoms with Crippen LogP contribution in [0.5, 0.6) is 0 Å². The number of nitrogens with zero attached hydrogens (tertiary/aromatic N) is 1. The number of rotatable bonds is 6. The Hall–Kier alpha value is -7.36. The first kappa shape index (κ1) is 24.1. The summed E-state index contributed by atoms with van der Waals surface area (Å²) in [6.07, 6.45) is 0. The average Bonchev–Trinajstić information content (AvgIpc) is 3.92. The van der Waals surface area contributed by atoms with Crippen LogP contribution in [0, 0.1) is 0 Å². The van der Waals surface area contributed by atoms with Crippen LogP contribution < -0.4 is 4.90 Å². The number of para-hydroxylation sites is 2. The van der Waals surface area contributed by atoms with E-state index in [-0.39, 0.29) is 74.2 Å². The van der Waals surface area contributed by atoms with Crippen LogP contribution in [0.3, 0.4) is 0 Å². The van der Waals surface area contributed by atoms with Crippen molar-refractivity contribution in [2.75, 3.05) is 4.90 Å². The zero-order valence-corrected chi connectivity index (χ0v) is 29.2. The van der Waals surface area contributed by atoms with Gasteiger partial charge in [0.1, 0.15) is 22.3 Å². The van der Waals surface area contributed by atoms with Gasteiger partial charge in [-0.1, -0.05) is 152 Å².